The number of halogens is 1. The van der Waals surface area contributed by atoms with Crippen LogP contribution in [-0.2, 0) is 11.3 Å². The second kappa shape index (κ2) is 7.23. The summed E-state index contributed by atoms with van der Waals surface area (Å²) < 4.78 is 11.2. The molecule has 0 saturated carbocycles. The van der Waals surface area contributed by atoms with Crippen LogP contribution in [0.15, 0.2) is 16.6 Å². The molecule has 18 heavy (non-hydrogen) atoms. The van der Waals surface area contributed by atoms with Crippen LogP contribution in [0, 0.1) is 0 Å². The number of hydrogen-bond donors (Lipinski definition) is 2. The van der Waals surface area contributed by atoms with Gasteiger partial charge in [-0.2, -0.15) is 0 Å². The Morgan fingerprint density at radius 3 is 2.67 bits per heavy atom. The number of nitrogens with two attached hydrogens (primary N) is 1. The van der Waals surface area contributed by atoms with Crippen LogP contribution in [0.3, 0.4) is 0 Å². The summed E-state index contributed by atoms with van der Waals surface area (Å²) in [7, 11) is 3.15. The highest BCUT2D eigenvalue weighted by molar-refractivity contribution is 9.10. The first-order valence-electron chi connectivity index (χ1n) is 5.49. The van der Waals surface area contributed by atoms with E-state index in [1.54, 1.807) is 14.2 Å². The number of hydrogen-bond acceptors (Lipinski definition) is 4. The monoisotopic (exact) mass is 316 g/mol. The molecule has 6 heteroatoms. The molecule has 0 aliphatic heterocycles. The molecule has 0 spiro atoms. The molecule has 0 aliphatic rings. The highest BCUT2D eigenvalue weighted by Crippen LogP contribution is 2.36. The molecule has 0 saturated heterocycles. The van der Waals surface area contributed by atoms with Gasteiger partial charge in [-0.05, 0) is 33.6 Å². The summed E-state index contributed by atoms with van der Waals surface area (Å²) >= 11 is 3.40. The van der Waals surface area contributed by atoms with Gasteiger partial charge < -0.3 is 20.5 Å². The van der Waals surface area contributed by atoms with E-state index in [1.165, 1.54) is 0 Å². The Kier molecular flexibility index (Phi) is 5.94. The first kappa shape index (κ1) is 14.8. The molecular weight excluding hydrogens is 300 g/mol. The molecule has 0 fully saturated rings. The minimum atomic E-state index is -0.0663. The van der Waals surface area contributed by atoms with Crippen LogP contribution in [0.5, 0.6) is 11.5 Å². The van der Waals surface area contributed by atoms with Gasteiger partial charge in [0.25, 0.3) is 0 Å². The number of carbonyl (C=O) groups is 1. The minimum absolute atomic E-state index is 0.0663. The summed E-state index contributed by atoms with van der Waals surface area (Å²) in [6.07, 6.45) is 0.328. The highest BCUT2D eigenvalue weighted by Gasteiger charge is 2.10. The predicted octanol–water partition coefficient (Wildman–Crippen LogP) is 1.43. The van der Waals surface area contributed by atoms with Gasteiger partial charge in [0.15, 0.2) is 11.5 Å². The van der Waals surface area contributed by atoms with Crippen molar-refractivity contribution < 1.29 is 14.3 Å². The smallest absolute Gasteiger partial charge is 0.221 e. The van der Waals surface area contributed by atoms with E-state index >= 15 is 0 Å². The molecule has 1 rings (SSSR count). The summed E-state index contributed by atoms with van der Waals surface area (Å²) in [6, 6.07) is 3.70. The van der Waals surface area contributed by atoms with E-state index in [0.717, 1.165) is 10.0 Å². The number of rotatable bonds is 6. The standard InChI is InChI=1S/C12H17BrN2O3/c1-17-10-6-8(5-9(13)12(10)18-2)7-15-11(16)3-4-14/h5-6H,3-4,7,14H2,1-2H3,(H,15,16). The predicted molar refractivity (Wildman–Crippen MR) is 72.8 cm³/mol. The maximum Gasteiger partial charge on any atom is 0.221 e. The average molecular weight is 317 g/mol. The first-order chi connectivity index (χ1) is 8.62. The Labute approximate surface area is 115 Å². The van der Waals surface area contributed by atoms with E-state index < -0.39 is 0 Å². The van der Waals surface area contributed by atoms with Crippen molar-refractivity contribution in [2.75, 3.05) is 20.8 Å². The van der Waals surface area contributed by atoms with Gasteiger partial charge in [-0.1, -0.05) is 0 Å². The van der Waals surface area contributed by atoms with Crippen LogP contribution in [-0.4, -0.2) is 26.7 Å². The number of methoxy groups -OCH3 is 2. The Balaban J connectivity index is 2.78. The third-order valence-corrected chi connectivity index (χ3v) is 2.94. The molecule has 1 aromatic carbocycles. The van der Waals surface area contributed by atoms with Gasteiger partial charge in [0.2, 0.25) is 5.91 Å². The summed E-state index contributed by atoms with van der Waals surface area (Å²) in [6.45, 7) is 0.777. The Morgan fingerprint density at radius 2 is 2.11 bits per heavy atom. The van der Waals surface area contributed by atoms with Gasteiger partial charge in [0, 0.05) is 19.5 Å². The van der Waals surface area contributed by atoms with Crippen LogP contribution < -0.4 is 20.5 Å². The number of carbonyl (C=O) groups excluding carboxylic acids is 1. The molecular formula is C12H17BrN2O3. The van der Waals surface area contributed by atoms with E-state index in [0.29, 0.717) is 31.0 Å². The van der Waals surface area contributed by atoms with Gasteiger partial charge >= 0.3 is 0 Å². The van der Waals surface area contributed by atoms with Gasteiger partial charge in [-0.15, -0.1) is 0 Å². The molecule has 3 N–H and O–H groups in total. The third kappa shape index (κ3) is 3.89. The van der Waals surface area contributed by atoms with Gasteiger partial charge in [-0.3, -0.25) is 4.79 Å². The van der Waals surface area contributed by atoms with Crippen LogP contribution in [0.4, 0.5) is 0 Å². The Bertz CT molecular complexity index is 424. The Hall–Kier alpha value is -1.27. The van der Waals surface area contributed by atoms with Gasteiger partial charge in [0.05, 0.1) is 18.7 Å². The molecule has 0 radical (unpaired) electrons. The van der Waals surface area contributed by atoms with Crippen molar-refractivity contribution in [1.82, 2.24) is 5.32 Å². The number of benzene rings is 1. The van der Waals surface area contributed by atoms with Crippen molar-refractivity contribution in [1.29, 1.82) is 0 Å². The van der Waals surface area contributed by atoms with Crippen molar-refractivity contribution >= 4 is 21.8 Å². The van der Waals surface area contributed by atoms with Crippen LogP contribution in [0.2, 0.25) is 0 Å². The largest absolute Gasteiger partial charge is 0.493 e. The molecule has 1 aromatic rings. The summed E-state index contributed by atoms with van der Waals surface area (Å²) in [5, 5.41) is 2.78. The molecule has 1 amide bonds. The molecule has 0 bridgehead atoms. The average Bonchev–Trinajstić information content (AvgIpc) is 2.36. The van der Waals surface area contributed by atoms with Crippen LogP contribution >= 0.6 is 15.9 Å². The minimum Gasteiger partial charge on any atom is -0.493 e. The van der Waals surface area contributed by atoms with Crippen molar-refractivity contribution in [3.05, 3.63) is 22.2 Å². The molecule has 100 valence electrons. The number of nitrogens with one attached hydrogen (secondary N) is 1. The second-order valence-electron chi connectivity index (χ2n) is 3.63. The lowest BCUT2D eigenvalue weighted by atomic mass is 10.2. The lowest BCUT2D eigenvalue weighted by Crippen LogP contribution is -2.25. The SMILES string of the molecule is COc1cc(CNC(=O)CCN)cc(Br)c1OC. The number of amides is 1. The fourth-order valence-electron chi connectivity index (χ4n) is 1.49. The zero-order valence-corrected chi connectivity index (χ0v) is 12.0. The summed E-state index contributed by atoms with van der Waals surface area (Å²) in [5.41, 5.74) is 6.22. The quantitative estimate of drug-likeness (QED) is 0.832. The zero-order chi connectivity index (χ0) is 13.5. The second-order valence-corrected chi connectivity index (χ2v) is 4.48. The maximum absolute atomic E-state index is 11.3. The maximum atomic E-state index is 11.3. The van der Waals surface area contributed by atoms with Crippen LogP contribution in [0.1, 0.15) is 12.0 Å². The van der Waals surface area contributed by atoms with E-state index in [4.69, 9.17) is 15.2 Å². The number of ether oxygens (including phenoxy) is 2. The van der Waals surface area contributed by atoms with Crippen molar-refractivity contribution in [3.8, 4) is 11.5 Å². The lowest BCUT2D eigenvalue weighted by molar-refractivity contribution is -0.121. The van der Waals surface area contributed by atoms with E-state index in [9.17, 15) is 4.79 Å². The summed E-state index contributed by atoms with van der Waals surface area (Å²) in [4.78, 5) is 11.3. The van der Waals surface area contributed by atoms with E-state index in [-0.39, 0.29) is 5.91 Å². The molecule has 0 heterocycles. The van der Waals surface area contributed by atoms with Gasteiger partial charge in [0.1, 0.15) is 0 Å². The molecule has 0 aromatic heterocycles. The van der Waals surface area contributed by atoms with E-state index in [1.807, 2.05) is 12.1 Å². The molecule has 0 atom stereocenters. The van der Waals surface area contributed by atoms with Crippen molar-refractivity contribution in [2.45, 2.75) is 13.0 Å². The van der Waals surface area contributed by atoms with E-state index in [2.05, 4.69) is 21.2 Å². The summed E-state index contributed by atoms with van der Waals surface area (Å²) in [5.74, 6) is 1.19. The lowest BCUT2D eigenvalue weighted by Gasteiger charge is -2.12. The zero-order valence-electron chi connectivity index (χ0n) is 10.5. The molecule has 5 nitrogen and oxygen atoms in total. The normalized spacial score (nSPS) is 10.0. The van der Waals surface area contributed by atoms with Crippen molar-refractivity contribution in [3.63, 3.8) is 0 Å². The fraction of sp³-hybridized carbons (Fsp3) is 0.417. The third-order valence-electron chi connectivity index (χ3n) is 2.35. The molecule has 0 unspecified atom stereocenters. The molecule has 0 aliphatic carbocycles. The first-order valence-corrected chi connectivity index (χ1v) is 6.28. The van der Waals surface area contributed by atoms with Gasteiger partial charge in [-0.25, -0.2) is 0 Å². The fourth-order valence-corrected chi connectivity index (χ4v) is 2.14. The Morgan fingerprint density at radius 1 is 1.39 bits per heavy atom. The highest BCUT2D eigenvalue weighted by atomic mass is 79.9. The topological polar surface area (TPSA) is 73.6 Å². The van der Waals surface area contributed by atoms with Crippen LogP contribution in [0.25, 0.3) is 0 Å². The van der Waals surface area contributed by atoms with Crippen molar-refractivity contribution in [2.24, 2.45) is 5.73 Å².